The van der Waals surface area contributed by atoms with Crippen LogP contribution in [-0.2, 0) is 9.59 Å². The van der Waals surface area contributed by atoms with Gasteiger partial charge in [0, 0.05) is 30.2 Å². The number of hydrogen-bond acceptors (Lipinski definition) is 3. The highest BCUT2D eigenvalue weighted by Crippen LogP contribution is 2.25. The van der Waals surface area contributed by atoms with Crippen molar-refractivity contribution < 1.29 is 9.59 Å². The first kappa shape index (κ1) is 19.9. The summed E-state index contributed by atoms with van der Waals surface area (Å²) in [6.07, 6.45) is 3.75. The lowest BCUT2D eigenvalue weighted by Crippen LogP contribution is -2.41. The maximum absolute atomic E-state index is 12.7. The van der Waals surface area contributed by atoms with Gasteiger partial charge in [-0.25, -0.2) is 0 Å². The summed E-state index contributed by atoms with van der Waals surface area (Å²) in [5.74, 6) is -0.663. The first-order valence-electron chi connectivity index (χ1n) is 9.91. The van der Waals surface area contributed by atoms with Gasteiger partial charge >= 0.3 is 0 Å². The molecular formula is C23H29N3O2. The van der Waals surface area contributed by atoms with Crippen molar-refractivity contribution in [2.24, 2.45) is 5.41 Å². The molecule has 0 spiro atoms. The number of carbonyl (C=O) groups is 2. The van der Waals surface area contributed by atoms with Gasteiger partial charge in [-0.05, 0) is 82.0 Å². The van der Waals surface area contributed by atoms with Gasteiger partial charge in [-0.3, -0.25) is 9.59 Å². The lowest BCUT2D eigenvalue weighted by atomic mass is 9.90. The van der Waals surface area contributed by atoms with Gasteiger partial charge in [-0.15, -0.1) is 0 Å². The Balaban J connectivity index is 1.62. The molecule has 1 saturated heterocycles. The molecule has 1 heterocycles. The van der Waals surface area contributed by atoms with Crippen LogP contribution in [0.3, 0.4) is 0 Å². The number of piperidine rings is 1. The number of carbonyl (C=O) groups excluding carboxylic acids is 2. The third-order valence-electron chi connectivity index (χ3n) is 5.26. The van der Waals surface area contributed by atoms with Crippen LogP contribution in [0.25, 0.3) is 0 Å². The largest absolute Gasteiger partial charge is 0.372 e. The van der Waals surface area contributed by atoms with Gasteiger partial charge < -0.3 is 15.5 Å². The zero-order valence-electron chi connectivity index (χ0n) is 16.9. The van der Waals surface area contributed by atoms with Crippen LogP contribution in [-0.4, -0.2) is 24.9 Å². The SMILES string of the molecule is Cc1cccc(NC(=O)C(C)(C)C(=O)Nc2ccc(N3CCCCC3)cc2)c1. The zero-order chi connectivity index (χ0) is 20.1. The molecule has 1 aliphatic rings. The van der Waals surface area contributed by atoms with Gasteiger partial charge in [0.05, 0.1) is 0 Å². The van der Waals surface area contributed by atoms with Crippen LogP contribution in [0.5, 0.6) is 0 Å². The standard InChI is InChI=1S/C23H29N3O2/c1-17-8-7-9-19(16-17)25-22(28)23(2,3)21(27)24-18-10-12-20(13-11-18)26-14-5-4-6-15-26/h7-13,16H,4-6,14-15H2,1-3H3,(H,24,27)(H,25,28). The van der Waals surface area contributed by atoms with Crippen molar-refractivity contribution in [1.82, 2.24) is 0 Å². The Bertz CT molecular complexity index is 837. The molecule has 28 heavy (non-hydrogen) atoms. The Morgan fingerprint density at radius 1 is 0.857 bits per heavy atom. The first-order chi connectivity index (χ1) is 13.4. The van der Waals surface area contributed by atoms with Crippen molar-refractivity contribution in [2.75, 3.05) is 28.6 Å². The highest BCUT2D eigenvalue weighted by atomic mass is 16.2. The van der Waals surface area contributed by atoms with Crippen LogP contribution in [0.1, 0.15) is 38.7 Å². The van der Waals surface area contributed by atoms with Crippen LogP contribution in [0.2, 0.25) is 0 Å². The predicted molar refractivity (Wildman–Crippen MR) is 115 cm³/mol. The second-order valence-electron chi connectivity index (χ2n) is 8.00. The monoisotopic (exact) mass is 379 g/mol. The normalized spacial score (nSPS) is 14.5. The van der Waals surface area contributed by atoms with Gasteiger partial charge in [0.25, 0.3) is 0 Å². The van der Waals surface area contributed by atoms with Gasteiger partial charge in [-0.2, -0.15) is 0 Å². The number of benzene rings is 2. The van der Waals surface area contributed by atoms with Crippen LogP contribution in [0.15, 0.2) is 48.5 Å². The van der Waals surface area contributed by atoms with E-state index in [0.717, 1.165) is 18.7 Å². The molecule has 0 atom stereocenters. The van der Waals surface area contributed by atoms with E-state index in [1.807, 2.05) is 55.5 Å². The summed E-state index contributed by atoms with van der Waals surface area (Å²) in [5, 5.41) is 5.71. The number of nitrogens with zero attached hydrogens (tertiary/aromatic N) is 1. The topological polar surface area (TPSA) is 61.4 Å². The van der Waals surface area contributed by atoms with Crippen LogP contribution < -0.4 is 15.5 Å². The molecule has 2 aromatic carbocycles. The Hall–Kier alpha value is -2.82. The second-order valence-corrected chi connectivity index (χ2v) is 8.00. The summed E-state index contributed by atoms with van der Waals surface area (Å²) in [7, 11) is 0. The molecule has 1 aliphatic heterocycles. The number of rotatable bonds is 5. The van der Waals surface area contributed by atoms with Crippen molar-refractivity contribution in [1.29, 1.82) is 0 Å². The van der Waals surface area contributed by atoms with E-state index in [2.05, 4.69) is 15.5 Å². The third-order valence-corrected chi connectivity index (χ3v) is 5.26. The molecule has 5 heteroatoms. The molecule has 0 bridgehead atoms. The average molecular weight is 380 g/mol. The number of nitrogens with one attached hydrogen (secondary N) is 2. The maximum atomic E-state index is 12.7. The van der Waals surface area contributed by atoms with Crippen molar-refractivity contribution in [3.8, 4) is 0 Å². The molecule has 2 amide bonds. The fourth-order valence-corrected chi connectivity index (χ4v) is 3.31. The van der Waals surface area contributed by atoms with Crippen molar-refractivity contribution in [3.63, 3.8) is 0 Å². The van der Waals surface area contributed by atoms with Gasteiger partial charge in [0.2, 0.25) is 11.8 Å². The highest BCUT2D eigenvalue weighted by Gasteiger charge is 2.36. The van der Waals surface area contributed by atoms with E-state index >= 15 is 0 Å². The van der Waals surface area contributed by atoms with Gasteiger partial charge in [0.1, 0.15) is 5.41 Å². The number of amides is 2. The summed E-state index contributed by atoms with van der Waals surface area (Å²) in [6, 6.07) is 15.4. The summed E-state index contributed by atoms with van der Waals surface area (Å²) < 4.78 is 0. The van der Waals surface area contributed by atoms with Crippen LogP contribution >= 0.6 is 0 Å². The van der Waals surface area contributed by atoms with Crippen molar-refractivity contribution in [3.05, 3.63) is 54.1 Å². The fourth-order valence-electron chi connectivity index (χ4n) is 3.31. The summed E-state index contributed by atoms with van der Waals surface area (Å²) in [5.41, 5.74) is 2.41. The molecule has 2 aromatic rings. The van der Waals surface area contributed by atoms with E-state index in [9.17, 15) is 9.59 Å². The molecule has 5 nitrogen and oxygen atoms in total. The van der Waals surface area contributed by atoms with Crippen molar-refractivity contribution in [2.45, 2.75) is 40.0 Å². The van der Waals surface area contributed by atoms with E-state index in [-0.39, 0.29) is 11.8 Å². The quantitative estimate of drug-likeness (QED) is 0.747. The number of hydrogen-bond donors (Lipinski definition) is 2. The summed E-state index contributed by atoms with van der Waals surface area (Å²) in [4.78, 5) is 27.8. The van der Waals surface area contributed by atoms with E-state index in [1.54, 1.807) is 13.8 Å². The van der Waals surface area contributed by atoms with E-state index in [0.29, 0.717) is 11.4 Å². The molecule has 0 aliphatic carbocycles. The lowest BCUT2D eigenvalue weighted by molar-refractivity contribution is -0.135. The molecule has 148 valence electrons. The Morgan fingerprint density at radius 2 is 1.46 bits per heavy atom. The Labute approximate surface area is 167 Å². The number of aryl methyl sites for hydroxylation is 1. The molecule has 0 saturated carbocycles. The Morgan fingerprint density at radius 3 is 2.07 bits per heavy atom. The maximum Gasteiger partial charge on any atom is 0.239 e. The van der Waals surface area contributed by atoms with Gasteiger partial charge in [0.15, 0.2) is 0 Å². The molecular weight excluding hydrogens is 350 g/mol. The molecule has 0 aromatic heterocycles. The van der Waals surface area contributed by atoms with Crippen LogP contribution in [0.4, 0.5) is 17.1 Å². The predicted octanol–water partition coefficient (Wildman–Crippen LogP) is 4.59. The fraction of sp³-hybridized carbons (Fsp3) is 0.391. The average Bonchev–Trinajstić information content (AvgIpc) is 2.69. The second kappa shape index (κ2) is 8.46. The smallest absolute Gasteiger partial charge is 0.239 e. The third kappa shape index (κ3) is 4.71. The summed E-state index contributed by atoms with van der Waals surface area (Å²) in [6.45, 7) is 7.39. The minimum Gasteiger partial charge on any atom is -0.372 e. The van der Waals surface area contributed by atoms with E-state index in [4.69, 9.17) is 0 Å². The van der Waals surface area contributed by atoms with Crippen LogP contribution in [0, 0.1) is 12.3 Å². The van der Waals surface area contributed by atoms with Crippen molar-refractivity contribution >= 4 is 28.9 Å². The first-order valence-corrected chi connectivity index (χ1v) is 9.91. The summed E-state index contributed by atoms with van der Waals surface area (Å²) >= 11 is 0. The minimum atomic E-state index is -1.20. The lowest BCUT2D eigenvalue weighted by Gasteiger charge is -2.29. The minimum absolute atomic E-state index is 0.330. The van der Waals surface area contributed by atoms with E-state index < -0.39 is 5.41 Å². The molecule has 3 rings (SSSR count). The zero-order valence-corrected chi connectivity index (χ0v) is 16.9. The van der Waals surface area contributed by atoms with Gasteiger partial charge in [-0.1, -0.05) is 12.1 Å². The molecule has 1 fully saturated rings. The highest BCUT2D eigenvalue weighted by molar-refractivity contribution is 6.14. The van der Waals surface area contributed by atoms with E-state index in [1.165, 1.54) is 24.9 Å². The Kier molecular flexibility index (Phi) is 6.02. The molecule has 0 radical (unpaired) electrons. The molecule has 2 N–H and O–H groups in total. The number of anilines is 3. The molecule has 0 unspecified atom stereocenters.